The number of aliphatic hydroxyl groups is 1. The molecule has 1 atom stereocenters. The van der Waals surface area contributed by atoms with Gasteiger partial charge in [-0.1, -0.05) is 50.2 Å². The smallest absolute Gasteiger partial charge is 0.165 e. The maximum absolute atomic E-state index is 13.8. The van der Waals surface area contributed by atoms with E-state index in [9.17, 15) is 9.50 Å². The lowest BCUT2D eigenvalue weighted by molar-refractivity contribution is 0.0998. The summed E-state index contributed by atoms with van der Waals surface area (Å²) in [5.74, 6) is -0.286. The van der Waals surface area contributed by atoms with Crippen LogP contribution in [0.15, 0.2) is 48.5 Å². The number of halogens is 1. The Kier molecular flexibility index (Phi) is 4.09. The van der Waals surface area contributed by atoms with Gasteiger partial charge in [0.2, 0.25) is 0 Å². The minimum Gasteiger partial charge on any atom is -0.494 e. The molecule has 1 N–H and O–H groups in total. The second-order valence-corrected chi connectivity index (χ2v) is 5.38. The fourth-order valence-corrected chi connectivity index (χ4v) is 2.29. The van der Waals surface area contributed by atoms with Gasteiger partial charge in [-0.3, -0.25) is 0 Å². The summed E-state index contributed by atoms with van der Waals surface area (Å²) in [4.78, 5) is 0. The number of methoxy groups -OCH3 is 1. The molecule has 0 saturated heterocycles. The van der Waals surface area contributed by atoms with E-state index in [2.05, 4.69) is 0 Å². The topological polar surface area (TPSA) is 29.5 Å². The highest BCUT2D eigenvalue weighted by molar-refractivity contribution is 5.34. The molecule has 2 aromatic rings. The van der Waals surface area contributed by atoms with Gasteiger partial charge in [0.15, 0.2) is 11.6 Å². The minimum absolute atomic E-state index is 0.179. The molecule has 2 aromatic carbocycles. The molecule has 3 heteroatoms. The van der Waals surface area contributed by atoms with E-state index >= 15 is 0 Å². The summed E-state index contributed by atoms with van der Waals surface area (Å²) in [7, 11) is 1.42. The summed E-state index contributed by atoms with van der Waals surface area (Å²) in [6, 6.07) is 14.3. The van der Waals surface area contributed by atoms with Crippen LogP contribution in [-0.2, 0) is 5.41 Å². The molecule has 0 radical (unpaired) electrons. The molecule has 0 aromatic heterocycles. The molecule has 0 aliphatic carbocycles. The average Bonchev–Trinajstić information content (AvgIpc) is 2.47. The van der Waals surface area contributed by atoms with Gasteiger partial charge in [0.25, 0.3) is 0 Å². The van der Waals surface area contributed by atoms with Crippen LogP contribution in [0, 0.1) is 5.82 Å². The first-order chi connectivity index (χ1) is 9.46. The molecule has 0 heterocycles. The van der Waals surface area contributed by atoms with Gasteiger partial charge in [-0.2, -0.15) is 0 Å². The van der Waals surface area contributed by atoms with Crippen LogP contribution in [0.3, 0.4) is 0 Å². The van der Waals surface area contributed by atoms with E-state index in [1.807, 2.05) is 44.2 Å². The molecule has 0 saturated carbocycles. The van der Waals surface area contributed by atoms with Gasteiger partial charge in [0.1, 0.15) is 0 Å². The van der Waals surface area contributed by atoms with Gasteiger partial charge in [0, 0.05) is 5.41 Å². The number of hydrogen-bond donors (Lipinski definition) is 1. The molecule has 0 bridgehead atoms. The van der Waals surface area contributed by atoms with Crippen molar-refractivity contribution in [2.75, 3.05) is 7.11 Å². The Hall–Kier alpha value is -1.87. The Bertz CT molecular complexity index is 579. The average molecular weight is 274 g/mol. The molecule has 0 aliphatic rings. The van der Waals surface area contributed by atoms with E-state index in [-0.39, 0.29) is 5.75 Å². The van der Waals surface area contributed by atoms with Crippen LogP contribution < -0.4 is 4.74 Å². The standard InChI is InChI=1S/C17H19FO2/c1-17(2,13-7-5-4-6-8-13)16(19)12-9-10-15(20-3)14(18)11-12/h4-11,16,19H,1-3H3. The first kappa shape index (κ1) is 14.5. The monoisotopic (exact) mass is 274 g/mol. The number of aliphatic hydroxyl groups excluding tert-OH is 1. The van der Waals surface area contributed by atoms with Crippen molar-refractivity contribution in [3.8, 4) is 5.75 Å². The molecule has 2 nitrogen and oxygen atoms in total. The summed E-state index contributed by atoms with van der Waals surface area (Å²) in [5.41, 5.74) is 1.03. The third-order valence-electron chi connectivity index (χ3n) is 3.69. The van der Waals surface area contributed by atoms with Gasteiger partial charge in [-0.15, -0.1) is 0 Å². The summed E-state index contributed by atoms with van der Waals surface area (Å²) in [6.07, 6.45) is -0.801. The molecular weight excluding hydrogens is 255 g/mol. The van der Waals surface area contributed by atoms with Crippen LogP contribution in [0.4, 0.5) is 4.39 Å². The second-order valence-electron chi connectivity index (χ2n) is 5.38. The van der Waals surface area contributed by atoms with Gasteiger partial charge in [-0.05, 0) is 23.3 Å². The Morgan fingerprint density at radius 1 is 1.10 bits per heavy atom. The summed E-state index contributed by atoms with van der Waals surface area (Å²) in [6.45, 7) is 3.88. The van der Waals surface area contributed by atoms with Gasteiger partial charge >= 0.3 is 0 Å². The third kappa shape index (κ3) is 2.68. The molecule has 106 valence electrons. The normalized spacial score (nSPS) is 13.1. The summed E-state index contributed by atoms with van der Waals surface area (Å²) < 4.78 is 18.7. The van der Waals surface area contributed by atoms with Crippen molar-refractivity contribution >= 4 is 0 Å². The number of rotatable bonds is 4. The molecule has 0 aliphatic heterocycles. The molecular formula is C17H19FO2. The quantitative estimate of drug-likeness (QED) is 0.917. The van der Waals surface area contributed by atoms with Crippen LogP contribution in [-0.4, -0.2) is 12.2 Å². The molecule has 0 spiro atoms. The SMILES string of the molecule is COc1ccc(C(O)C(C)(C)c2ccccc2)cc1F. The highest BCUT2D eigenvalue weighted by atomic mass is 19.1. The van der Waals surface area contributed by atoms with E-state index in [1.54, 1.807) is 6.07 Å². The predicted octanol–water partition coefficient (Wildman–Crippen LogP) is 3.85. The fourth-order valence-electron chi connectivity index (χ4n) is 2.29. The van der Waals surface area contributed by atoms with E-state index in [1.165, 1.54) is 19.2 Å². The second kappa shape index (κ2) is 5.63. The predicted molar refractivity (Wildman–Crippen MR) is 77.4 cm³/mol. The lowest BCUT2D eigenvalue weighted by Crippen LogP contribution is -2.26. The Morgan fingerprint density at radius 3 is 2.30 bits per heavy atom. The minimum atomic E-state index is -0.801. The Labute approximate surface area is 118 Å². The number of benzene rings is 2. The van der Waals surface area contributed by atoms with Crippen LogP contribution in [0.25, 0.3) is 0 Å². The lowest BCUT2D eigenvalue weighted by Gasteiger charge is -2.31. The van der Waals surface area contributed by atoms with Crippen molar-refractivity contribution in [3.63, 3.8) is 0 Å². The first-order valence-electron chi connectivity index (χ1n) is 6.54. The molecule has 1 unspecified atom stereocenters. The van der Waals surface area contributed by atoms with E-state index in [4.69, 9.17) is 4.74 Å². The molecule has 2 rings (SSSR count). The van der Waals surface area contributed by atoms with Crippen molar-refractivity contribution < 1.29 is 14.2 Å². The lowest BCUT2D eigenvalue weighted by atomic mass is 9.77. The van der Waals surface area contributed by atoms with Gasteiger partial charge in [-0.25, -0.2) is 4.39 Å². The van der Waals surface area contributed by atoms with E-state index in [0.717, 1.165) is 5.56 Å². The zero-order valence-corrected chi connectivity index (χ0v) is 11.9. The highest BCUT2D eigenvalue weighted by Crippen LogP contribution is 2.37. The fraction of sp³-hybridized carbons (Fsp3) is 0.294. The van der Waals surface area contributed by atoms with Crippen molar-refractivity contribution in [2.24, 2.45) is 0 Å². The number of hydrogen-bond acceptors (Lipinski definition) is 2. The van der Waals surface area contributed by atoms with Crippen molar-refractivity contribution in [3.05, 3.63) is 65.5 Å². The summed E-state index contributed by atoms with van der Waals surface area (Å²) >= 11 is 0. The van der Waals surface area contributed by atoms with Crippen LogP contribution in [0.1, 0.15) is 31.1 Å². The maximum atomic E-state index is 13.8. The molecule has 20 heavy (non-hydrogen) atoms. The zero-order chi connectivity index (χ0) is 14.8. The number of ether oxygens (including phenoxy) is 1. The van der Waals surface area contributed by atoms with Crippen molar-refractivity contribution in [2.45, 2.75) is 25.4 Å². The molecule has 0 amide bonds. The largest absolute Gasteiger partial charge is 0.494 e. The van der Waals surface area contributed by atoms with Gasteiger partial charge < -0.3 is 9.84 Å². The summed E-state index contributed by atoms with van der Waals surface area (Å²) in [5, 5.41) is 10.6. The van der Waals surface area contributed by atoms with Crippen LogP contribution in [0.2, 0.25) is 0 Å². The van der Waals surface area contributed by atoms with E-state index < -0.39 is 17.3 Å². The maximum Gasteiger partial charge on any atom is 0.165 e. The highest BCUT2D eigenvalue weighted by Gasteiger charge is 2.31. The Morgan fingerprint density at radius 2 is 1.75 bits per heavy atom. The third-order valence-corrected chi connectivity index (χ3v) is 3.69. The zero-order valence-electron chi connectivity index (χ0n) is 11.9. The Balaban J connectivity index is 2.35. The van der Waals surface area contributed by atoms with Crippen LogP contribution >= 0.6 is 0 Å². The van der Waals surface area contributed by atoms with Gasteiger partial charge in [0.05, 0.1) is 13.2 Å². The van der Waals surface area contributed by atoms with E-state index in [0.29, 0.717) is 5.56 Å². The van der Waals surface area contributed by atoms with Crippen LogP contribution in [0.5, 0.6) is 5.75 Å². The van der Waals surface area contributed by atoms with Crippen molar-refractivity contribution in [1.29, 1.82) is 0 Å². The molecule has 0 fully saturated rings. The first-order valence-corrected chi connectivity index (χ1v) is 6.54. The van der Waals surface area contributed by atoms with Crippen molar-refractivity contribution in [1.82, 2.24) is 0 Å².